The lowest BCUT2D eigenvalue weighted by Gasteiger charge is -2.34. The maximum atomic E-state index is 11.7. The minimum atomic E-state index is 0. The van der Waals surface area contributed by atoms with Crippen LogP contribution in [0.25, 0.3) is 0 Å². The molecule has 1 amide bonds. The zero-order valence-corrected chi connectivity index (χ0v) is 14.1. The van der Waals surface area contributed by atoms with E-state index in [1.54, 1.807) is 11.8 Å². The molecule has 0 aromatic heterocycles. The summed E-state index contributed by atoms with van der Waals surface area (Å²) < 4.78 is 0. The predicted octanol–water partition coefficient (Wildman–Crippen LogP) is 2.69. The van der Waals surface area contributed by atoms with Gasteiger partial charge in [0, 0.05) is 6.54 Å². The van der Waals surface area contributed by atoms with Crippen LogP contribution >= 0.6 is 24.2 Å². The van der Waals surface area contributed by atoms with Crippen LogP contribution in [0.2, 0.25) is 0 Å². The van der Waals surface area contributed by atoms with Crippen LogP contribution in [0.15, 0.2) is 0 Å². The van der Waals surface area contributed by atoms with Crippen molar-refractivity contribution in [2.75, 3.05) is 31.1 Å². The third-order valence-corrected chi connectivity index (χ3v) is 4.59. The Bertz CT molecular complexity index is 256. The Labute approximate surface area is 128 Å². The van der Waals surface area contributed by atoms with E-state index in [0.29, 0.717) is 11.2 Å². The number of amides is 1. The van der Waals surface area contributed by atoms with Crippen LogP contribution in [0.4, 0.5) is 0 Å². The number of carbonyl (C=O) groups excluding carboxylic acids is 1. The fraction of sp³-hybridized carbons (Fsp3) is 0.929. The van der Waals surface area contributed by atoms with Gasteiger partial charge in [0.1, 0.15) is 0 Å². The summed E-state index contributed by atoms with van der Waals surface area (Å²) in [5.74, 6) is 2.63. The molecule has 114 valence electrons. The van der Waals surface area contributed by atoms with Crippen molar-refractivity contribution in [2.24, 2.45) is 11.3 Å². The number of piperidine rings is 1. The minimum absolute atomic E-state index is 0. The number of carbonyl (C=O) groups is 1. The molecule has 1 heterocycles. The molecule has 0 aromatic rings. The number of hydrogen-bond donors (Lipinski definition) is 2. The van der Waals surface area contributed by atoms with E-state index in [0.717, 1.165) is 44.1 Å². The molecule has 2 N–H and O–H groups in total. The Balaban J connectivity index is 0.00000324. The fourth-order valence-electron chi connectivity index (χ4n) is 2.05. The summed E-state index contributed by atoms with van der Waals surface area (Å²) in [7, 11) is 0. The molecule has 0 atom stereocenters. The molecule has 1 aliphatic heterocycles. The summed E-state index contributed by atoms with van der Waals surface area (Å²) in [5.41, 5.74) is 0.295. The maximum Gasteiger partial charge on any atom is 0.230 e. The van der Waals surface area contributed by atoms with Gasteiger partial charge in [-0.2, -0.15) is 11.8 Å². The predicted molar refractivity (Wildman–Crippen MR) is 87.2 cm³/mol. The normalized spacial score (nSPS) is 17.9. The third-order valence-electron chi connectivity index (χ3n) is 3.60. The quantitative estimate of drug-likeness (QED) is 0.711. The van der Waals surface area contributed by atoms with E-state index in [1.807, 2.05) is 0 Å². The standard InChI is InChI=1S/C14H28N2OS.ClH/c1-12(2)4-9-18-10-13(17)16-11-14(3)5-7-15-8-6-14;/h12,15H,4-11H2,1-3H3,(H,16,17);1H. The first-order chi connectivity index (χ1) is 8.52. The molecule has 1 rings (SSSR count). The van der Waals surface area contributed by atoms with Crippen LogP contribution < -0.4 is 10.6 Å². The molecule has 0 radical (unpaired) electrons. The van der Waals surface area contributed by atoms with Crippen molar-refractivity contribution in [2.45, 2.75) is 40.0 Å². The Kier molecular flexibility index (Phi) is 9.93. The first kappa shape index (κ1) is 19.1. The number of thioether (sulfide) groups is 1. The van der Waals surface area contributed by atoms with E-state index in [1.165, 1.54) is 6.42 Å². The summed E-state index contributed by atoms with van der Waals surface area (Å²) in [5, 5.41) is 6.46. The molecule has 0 unspecified atom stereocenters. The van der Waals surface area contributed by atoms with E-state index in [9.17, 15) is 4.79 Å². The summed E-state index contributed by atoms with van der Waals surface area (Å²) in [6.45, 7) is 9.71. The van der Waals surface area contributed by atoms with E-state index in [4.69, 9.17) is 0 Å². The van der Waals surface area contributed by atoms with Gasteiger partial charge in [-0.25, -0.2) is 0 Å². The molecule has 0 aliphatic carbocycles. The van der Waals surface area contributed by atoms with Crippen molar-refractivity contribution < 1.29 is 4.79 Å². The summed E-state index contributed by atoms with van der Waals surface area (Å²) in [6.07, 6.45) is 3.52. The molecule has 1 saturated heterocycles. The molecular formula is C14H29ClN2OS. The Morgan fingerprint density at radius 2 is 2.00 bits per heavy atom. The van der Waals surface area contributed by atoms with Crippen LogP contribution in [0.5, 0.6) is 0 Å². The fourth-order valence-corrected chi connectivity index (χ4v) is 3.12. The number of rotatable bonds is 7. The lowest BCUT2D eigenvalue weighted by molar-refractivity contribution is -0.119. The lowest BCUT2D eigenvalue weighted by Crippen LogP contribution is -2.43. The highest BCUT2D eigenvalue weighted by atomic mass is 35.5. The Hall–Kier alpha value is 0.0700. The van der Waals surface area contributed by atoms with E-state index in [2.05, 4.69) is 31.4 Å². The largest absolute Gasteiger partial charge is 0.355 e. The SMILES string of the molecule is CC(C)CCSCC(=O)NCC1(C)CCNCC1.Cl. The van der Waals surface area contributed by atoms with Gasteiger partial charge in [0.05, 0.1) is 5.75 Å². The topological polar surface area (TPSA) is 41.1 Å². The number of halogens is 1. The first-order valence-electron chi connectivity index (χ1n) is 7.07. The van der Waals surface area contributed by atoms with Crippen molar-refractivity contribution in [3.8, 4) is 0 Å². The van der Waals surface area contributed by atoms with Gasteiger partial charge in [-0.15, -0.1) is 12.4 Å². The second-order valence-electron chi connectivity index (χ2n) is 6.07. The molecule has 0 spiro atoms. The third kappa shape index (κ3) is 8.77. The smallest absolute Gasteiger partial charge is 0.230 e. The molecule has 0 aromatic carbocycles. The monoisotopic (exact) mass is 308 g/mol. The van der Waals surface area contributed by atoms with Gasteiger partial charge in [-0.3, -0.25) is 4.79 Å². The van der Waals surface area contributed by atoms with Gasteiger partial charge in [0.2, 0.25) is 5.91 Å². The number of nitrogens with one attached hydrogen (secondary N) is 2. The molecule has 3 nitrogen and oxygen atoms in total. The highest BCUT2D eigenvalue weighted by Crippen LogP contribution is 2.26. The van der Waals surface area contributed by atoms with Gasteiger partial charge in [-0.1, -0.05) is 20.8 Å². The maximum absolute atomic E-state index is 11.7. The van der Waals surface area contributed by atoms with E-state index < -0.39 is 0 Å². The molecule has 0 bridgehead atoms. The van der Waals surface area contributed by atoms with Gasteiger partial charge in [-0.05, 0) is 49.4 Å². The summed E-state index contributed by atoms with van der Waals surface area (Å²) >= 11 is 1.75. The lowest BCUT2D eigenvalue weighted by atomic mass is 9.81. The van der Waals surface area contributed by atoms with Crippen molar-refractivity contribution in [1.82, 2.24) is 10.6 Å². The second-order valence-corrected chi connectivity index (χ2v) is 7.18. The average molecular weight is 309 g/mol. The van der Waals surface area contributed by atoms with E-state index in [-0.39, 0.29) is 18.3 Å². The molecule has 1 aliphatic rings. The van der Waals surface area contributed by atoms with E-state index >= 15 is 0 Å². The van der Waals surface area contributed by atoms with Gasteiger partial charge in [0.15, 0.2) is 0 Å². The van der Waals surface area contributed by atoms with Crippen molar-refractivity contribution >= 4 is 30.1 Å². The van der Waals surface area contributed by atoms with Crippen LogP contribution in [0.3, 0.4) is 0 Å². The van der Waals surface area contributed by atoms with Gasteiger partial charge < -0.3 is 10.6 Å². The van der Waals surface area contributed by atoms with Crippen LogP contribution in [0.1, 0.15) is 40.0 Å². The Morgan fingerprint density at radius 1 is 1.37 bits per heavy atom. The molecule has 1 fully saturated rings. The molecule has 5 heteroatoms. The second kappa shape index (κ2) is 9.89. The molecule has 19 heavy (non-hydrogen) atoms. The zero-order valence-electron chi connectivity index (χ0n) is 12.5. The van der Waals surface area contributed by atoms with Crippen molar-refractivity contribution in [3.63, 3.8) is 0 Å². The van der Waals surface area contributed by atoms with Crippen LogP contribution in [-0.2, 0) is 4.79 Å². The van der Waals surface area contributed by atoms with Crippen molar-refractivity contribution in [1.29, 1.82) is 0 Å². The average Bonchev–Trinajstić information content (AvgIpc) is 2.33. The van der Waals surface area contributed by atoms with Crippen LogP contribution in [-0.4, -0.2) is 37.0 Å². The highest BCUT2D eigenvalue weighted by molar-refractivity contribution is 7.99. The number of hydrogen-bond acceptors (Lipinski definition) is 3. The Morgan fingerprint density at radius 3 is 2.58 bits per heavy atom. The molecule has 0 saturated carbocycles. The zero-order chi connectivity index (χ0) is 13.4. The highest BCUT2D eigenvalue weighted by Gasteiger charge is 2.26. The van der Waals surface area contributed by atoms with Crippen LogP contribution in [0, 0.1) is 11.3 Å². The first-order valence-corrected chi connectivity index (χ1v) is 8.22. The van der Waals surface area contributed by atoms with Gasteiger partial charge in [0.25, 0.3) is 0 Å². The molecular weight excluding hydrogens is 280 g/mol. The van der Waals surface area contributed by atoms with Gasteiger partial charge >= 0.3 is 0 Å². The van der Waals surface area contributed by atoms with Crippen molar-refractivity contribution in [3.05, 3.63) is 0 Å². The summed E-state index contributed by atoms with van der Waals surface area (Å²) in [6, 6.07) is 0. The minimum Gasteiger partial charge on any atom is -0.355 e. The summed E-state index contributed by atoms with van der Waals surface area (Å²) in [4.78, 5) is 11.7.